The molecule has 0 unspecified atom stereocenters. The van der Waals surface area contributed by atoms with Crippen LogP contribution < -0.4 is 10.1 Å². The van der Waals surface area contributed by atoms with E-state index in [-0.39, 0.29) is 17.7 Å². The van der Waals surface area contributed by atoms with Gasteiger partial charge in [-0.25, -0.2) is 4.79 Å². The number of carboxylic acid groups (broad SMARTS) is 1. The fourth-order valence-electron chi connectivity index (χ4n) is 2.85. The first kappa shape index (κ1) is 24.5. The minimum Gasteiger partial charge on any atom is -0.487 e. The molecule has 0 bridgehead atoms. The Bertz CT molecular complexity index is 1240. The molecule has 0 aliphatic rings. The highest BCUT2D eigenvalue weighted by Crippen LogP contribution is 2.33. The zero-order valence-corrected chi connectivity index (χ0v) is 21.2. The van der Waals surface area contributed by atoms with Gasteiger partial charge in [-0.15, -0.1) is 0 Å². The van der Waals surface area contributed by atoms with Crippen molar-refractivity contribution in [2.75, 3.05) is 5.32 Å². The first-order valence-corrected chi connectivity index (χ1v) is 11.6. The van der Waals surface area contributed by atoms with Crippen molar-refractivity contribution in [3.05, 3.63) is 96.5 Å². The highest BCUT2D eigenvalue weighted by atomic mass is 127. The number of ether oxygens (including phenoxy) is 1. The van der Waals surface area contributed by atoms with Gasteiger partial charge in [0.25, 0.3) is 5.91 Å². The van der Waals surface area contributed by atoms with E-state index in [9.17, 15) is 14.9 Å². The summed E-state index contributed by atoms with van der Waals surface area (Å²) < 4.78 is 7.36. The summed E-state index contributed by atoms with van der Waals surface area (Å²) in [4.78, 5) is 23.5. The second-order valence-corrected chi connectivity index (χ2v) is 9.11. The van der Waals surface area contributed by atoms with Crippen LogP contribution in [0.4, 0.5) is 5.69 Å². The number of carbonyl (C=O) groups is 2. The van der Waals surface area contributed by atoms with Crippen molar-refractivity contribution in [1.82, 2.24) is 0 Å². The summed E-state index contributed by atoms with van der Waals surface area (Å²) in [6.45, 7) is 2.21. The van der Waals surface area contributed by atoms with E-state index in [1.54, 1.807) is 30.3 Å². The summed E-state index contributed by atoms with van der Waals surface area (Å²) in [6.07, 6.45) is 1.52. The first-order valence-electron chi connectivity index (χ1n) is 9.70. The molecule has 0 saturated carbocycles. The number of nitrogens with one attached hydrogen (secondary N) is 1. The fraction of sp³-hybridized carbons (Fsp3) is 0.0800. The van der Waals surface area contributed by atoms with E-state index < -0.39 is 11.9 Å². The smallest absolute Gasteiger partial charge is 0.335 e. The van der Waals surface area contributed by atoms with Crippen LogP contribution in [0.2, 0.25) is 0 Å². The normalized spacial score (nSPS) is 10.9. The zero-order chi connectivity index (χ0) is 24.0. The largest absolute Gasteiger partial charge is 0.487 e. The Morgan fingerprint density at radius 2 is 1.82 bits per heavy atom. The third kappa shape index (κ3) is 6.66. The van der Waals surface area contributed by atoms with Gasteiger partial charge in [0.1, 0.15) is 24.0 Å². The number of carboxylic acids is 1. The molecule has 0 spiro atoms. The predicted molar refractivity (Wildman–Crippen MR) is 138 cm³/mol. The van der Waals surface area contributed by atoms with Crippen LogP contribution in [0.3, 0.4) is 0 Å². The summed E-state index contributed by atoms with van der Waals surface area (Å²) in [5, 5.41) is 21.2. The summed E-state index contributed by atoms with van der Waals surface area (Å²) in [6, 6.07) is 19.3. The number of nitriles is 1. The standard InChI is InChI=1S/C25H18BrIN2O4/c1-15-2-8-20(9-3-15)29-24(30)19(13-28)10-17-11-21(26)23(22(27)12-17)33-14-16-4-6-18(7-5-16)25(31)32/h2-12H,14H2,1H3,(H,29,30)(H,31,32)/b19-10+. The number of amides is 1. The van der Waals surface area contributed by atoms with Gasteiger partial charge in [-0.05, 0) is 99.0 Å². The fourth-order valence-corrected chi connectivity index (χ4v) is 4.62. The summed E-state index contributed by atoms with van der Waals surface area (Å²) in [5.41, 5.74) is 3.37. The number of halogens is 2. The van der Waals surface area contributed by atoms with Gasteiger partial charge in [0.2, 0.25) is 0 Å². The highest BCUT2D eigenvalue weighted by molar-refractivity contribution is 14.1. The van der Waals surface area contributed by atoms with Crippen LogP contribution in [0.15, 0.2) is 70.7 Å². The minimum atomic E-state index is -0.979. The Kier molecular flexibility index (Phi) is 8.25. The van der Waals surface area contributed by atoms with E-state index in [0.29, 0.717) is 21.5 Å². The van der Waals surface area contributed by atoms with E-state index in [0.717, 1.165) is 14.7 Å². The Hall–Kier alpha value is -3.16. The lowest BCUT2D eigenvalue weighted by atomic mass is 10.1. The molecule has 3 aromatic rings. The van der Waals surface area contributed by atoms with Crippen LogP contribution in [0, 0.1) is 21.8 Å². The number of benzene rings is 3. The topological polar surface area (TPSA) is 99.4 Å². The molecule has 6 nitrogen and oxygen atoms in total. The number of anilines is 1. The van der Waals surface area contributed by atoms with Gasteiger partial charge >= 0.3 is 5.97 Å². The van der Waals surface area contributed by atoms with Crippen molar-refractivity contribution in [3.63, 3.8) is 0 Å². The van der Waals surface area contributed by atoms with Gasteiger partial charge in [-0.3, -0.25) is 4.79 Å². The van der Waals surface area contributed by atoms with Gasteiger partial charge in [0.05, 0.1) is 13.6 Å². The molecule has 0 fully saturated rings. The van der Waals surface area contributed by atoms with E-state index in [4.69, 9.17) is 9.84 Å². The third-order valence-corrected chi connectivity index (χ3v) is 5.98. The zero-order valence-electron chi connectivity index (χ0n) is 17.4. The molecule has 0 saturated heterocycles. The van der Waals surface area contributed by atoms with Gasteiger partial charge in [-0.2, -0.15) is 5.26 Å². The van der Waals surface area contributed by atoms with Gasteiger partial charge < -0.3 is 15.2 Å². The van der Waals surface area contributed by atoms with E-state index in [1.807, 2.05) is 31.2 Å². The maximum atomic E-state index is 12.5. The number of nitrogens with zero attached hydrogens (tertiary/aromatic N) is 1. The molecule has 0 aromatic heterocycles. The van der Waals surface area contributed by atoms with Crippen molar-refractivity contribution in [2.24, 2.45) is 0 Å². The maximum Gasteiger partial charge on any atom is 0.335 e. The number of hydrogen-bond donors (Lipinski definition) is 2. The molecule has 166 valence electrons. The lowest BCUT2D eigenvalue weighted by molar-refractivity contribution is -0.112. The predicted octanol–water partition coefficient (Wildman–Crippen LogP) is 6.19. The van der Waals surface area contributed by atoms with Crippen molar-refractivity contribution in [1.29, 1.82) is 5.26 Å². The summed E-state index contributed by atoms with van der Waals surface area (Å²) >= 11 is 5.61. The van der Waals surface area contributed by atoms with Crippen molar-refractivity contribution in [3.8, 4) is 11.8 Å². The van der Waals surface area contributed by atoms with Gasteiger partial charge in [0.15, 0.2) is 0 Å². The molecule has 0 atom stereocenters. The van der Waals surface area contributed by atoms with Crippen molar-refractivity contribution < 1.29 is 19.4 Å². The molecule has 3 aromatic carbocycles. The molecule has 0 aliphatic heterocycles. The average Bonchev–Trinajstić information content (AvgIpc) is 2.78. The van der Waals surface area contributed by atoms with E-state index in [2.05, 4.69) is 43.8 Å². The Labute approximate surface area is 213 Å². The van der Waals surface area contributed by atoms with E-state index in [1.165, 1.54) is 18.2 Å². The Balaban J connectivity index is 1.74. The number of hydrogen-bond acceptors (Lipinski definition) is 4. The molecule has 8 heteroatoms. The second kappa shape index (κ2) is 11.1. The molecule has 3 rings (SSSR count). The maximum absolute atomic E-state index is 12.5. The molecule has 2 N–H and O–H groups in total. The SMILES string of the molecule is Cc1ccc(NC(=O)/C(C#N)=C/c2cc(Br)c(OCc3ccc(C(=O)O)cc3)c(I)c2)cc1. The molecule has 1 amide bonds. The number of aromatic carboxylic acids is 1. The van der Waals surface area contributed by atoms with Crippen molar-refractivity contribution >= 4 is 62.2 Å². The molecule has 0 heterocycles. The quantitative estimate of drug-likeness (QED) is 0.187. The number of rotatable bonds is 7. The van der Waals surface area contributed by atoms with Crippen LogP contribution in [0.1, 0.15) is 27.0 Å². The monoisotopic (exact) mass is 616 g/mol. The van der Waals surface area contributed by atoms with Crippen LogP contribution in [-0.2, 0) is 11.4 Å². The Morgan fingerprint density at radius 3 is 2.39 bits per heavy atom. The number of aryl methyl sites for hydroxylation is 1. The van der Waals surface area contributed by atoms with Crippen LogP contribution in [0.25, 0.3) is 6.08 Å². The second-order valence-electron chi connectivity index (χ2n) is 7.09. The first-order chi connectivity index (χ1) is 15.8. The van der Waals surface area contributed by atoms with Gasteiger partial charge in [-0.1, -0.05) is 29.8 Å². The lowest BCUT2D eigenvalue weighted by Gasteiger charge is -2.12. The molecular weight excluding hydrogens is 599 g/mol. The van der Waals surface area contributed by atoms with Gasteiger partial charge in [0, 0.05) is 5.69 Å². The molecule has 33 heavy (non-hydrogen) atoms. The lowest BCUT2D eigenvalue weighted by Crippen LogP contribution is -2.13. The highest BCUT2D eigenvalue weighted by Gasteiger charge is 2.13. The third-order valence-electron chi connectivity index (χ3n) is 4.59. The molecule has 0 radical (unpaired) electrons. The van der Waals surface area contributed by atoms with Crippen LogP contribution >= 0.6 is 38.5 Å². The number of carbonyl (C=O) groups excluding carboxylic acids is 1. The Morgan fingerprint density at radius 1 is 1.15 bits per heavy atom. The average molecular weight is 617 g/mol. The van der Waals surface area contributed by atoms with Crippen molar-refractivity contribution in [2.45, 2.75) is 13.5 Å². The van der Waals surface area contributed by atoms with Crippen LogP contribution in [0.5, 0.6) is 5.75 Å². The summed E-state index contributed by atoms with van der Waals surface area (Å²) in [7, 11) is 0. The minimum absolute atomic E-state index is 0.0227. The van der Waals surface area contributed by atoms with E-state index >= 15 is 0 Å². The molecular formula is C25H18BrIN2O4. The van der Waals surface area contributed by atoms with Crippen LogP contribution in [-0.4, -0.2) is 17.0 Å². The summed E-state index contributed by atoms with van der Waals surface area (Å²) in [5.74, 6) is -0.858. The molecule has 0 aliphatic carbocycles.